The van der Waals surface area contributed by atoms with Crippen LogP contribution in [0.1, 0.15) is 39.5 Å². The normalized spacial score (nSPS) is 19.4. The second-order valence-electron chi connectivity index (χ2n) is 4.32. The fourth-order valence-corrected chi connectivity index (χ4v) is 1.89. The van der Waals surface area contributed by atoms with Crippen LogP contribution in [0.25, 0.3) is 0 Å². The standard InChI is InChI=1S/C12H24N2O2/c1-3-5-6-11(4-2)12(15)13-14-7-9-16-10-8-14/h11H,3-10H2,1-2H3,(H,13,15). The van der Waals surface area contributed by atoms with Gasteiger partial charge in [-0.3, -0.25) is 10.2 Å². The average Bonchev–Trinajstić information content (AvgIpc) is 2.31. The minimum atomic E-state index is 0.169. The molecule has 1 saturated heterocycles. The summed E-state index contributed by atoms with van der Waals surface area (Å²) in [5, 5.41) is 1.97. The van der Waals surface area contributed by atoms with E-state index in [1.165, 1.54) is 0 Å². The van der Waals surface area contributed by atoms with Gasteiger partial charge in [0, 0.05) is 19.0 Å². The number of hydrazine groups is 1. The first kappa shape index (κ1) is 13.5. The van der Waals surface area contributed by atoms with Gasteiger partial charge in [-0.15, -0.1) is 0 Å². The SMILES string of the molecule is CCCCC(CC)C(=O)NN1CCOCC1. The van der Waals surface area contributed by atoms with Crippen LogP contribution in [0.2, 0.25) is 0 Å². The highest BCUT2D eigenvalue weighted by molar-refractivity contribution is 5.78. The average molecular weight is 228 g/mol. The van der Waals surface area contributed by atoms with Gasteiger partial charge in [-0.1, -0.05) is 26.7 Å². The molecule has 0 radical (unpaired) electrons. The Kier molecular flexibility index (Phi) is 6.42. The summed E-state index contributed by atoms with van der Waals surface area (Å²) >= 11 is 0. The van der Waals surface area contributed by atoms with Crippen LogP contribution in [0.4, 0.5) is 0 Å². The Balaban J connectivity index is 2.29. The van der Waals surface area contributed by atoms with Crippen molar-refractivity contribution < 1.29 is 9.53 Å². The predicted octanol–water partition coefficient (Wildman–Crippen LogP) is 1.57. The Labute approximate surface area is 98.3 Å². The molecule has 1 rings (SSSR count). The summed E-state index contributed by atoms with van der Waals surface area (Å²) in [6.07, 6.45) is 4.22. The van der Waals surface area contributed by atoms with Crippen molar-refractivity contribution in [1.29, 1.82) is 0 Å². The molecule has 1 aliphatic rings. The molecule has 1 atom stereocenters. The first-order chi connectivity index (χ1) is 7.77. The van der Waals surface area contributed by atoms with Gasteiger partial charge in [-0.05, 0) is 12.8 Å². The summed E-state index contributed by atoms with van der Waals surface area (Å²) < 4.78 is 5.24. The second kappa shape index (κ2) is 7.63. The van der Waals surface area contributed by atoms with Crippen LogP contribution in [0, 0.1) is 5.92 Å². The number of carbonyl (C=O) groups is 1. The Hall–Kier alpha value is -0.610. The molecule has 16 heavy (non-hydrogen) atoms. The Morgan fingerprint density at radius 3 is 2.62 bits per heavy atom. The van der Waals surface area contributed by atoms with Gasteiger partial charge in [-0.2, -0.15) is 0 Å². The monoisotopic (exact) mass is 228 g/mol. The molecule has 0 aromatic rings. The van der Waals surface area contributed by atoms with Crippen molar-refractivity contribution >= 4 is 5.91 Å². The minimum Gasteiger partial charge on any atom is -0.379 e. The number of unbranched alkanes of at least 4 members (excludes halogenated alkanes) is 1. The van der Waals surface area contributed by atoms with Crippen molar-refractivity contribution in [2.45, 2.75) is 39.5 Å². The van der Waals surface area contributed by atoms with Crippen molar-refractivity contribution in [3.8, 4) is 0 Å². The lowest BCUT2D eigenvalue weighted by molar-refractivity contribution is -0.132. The van der Waals surface area contributed by atoms with Gasteiger partial charge >= 0.3 is 0 Å². The maximum Gasteiger partial charge on any atom is 0.237 e. The predicted molar refractivity (Wildman–Crippen MR) is 63.8 cm³/mol. The van der Waals surface area contributed by atoms with E-state index in [2.05, 4.69) is 19.3 Å². The molecule has 0 spiro atoms. The molecule has 4 nitrogen and oxygen atoms in total. The highest BCUT2D eigenvalue weighted by atomic mass is 16.5. The van der Waals surface area contributed by atoms with Gasteiger partial charge in [0.15, 0.2) is 0 Å². The molecule has 0 saturated carbocycles. The van der Waals surface area contributed by atoms with Gasteiger partial charge in [0.25, 0.3) is 0 Å². The van der Waals surface area contributed by atoms with Crippen molar-refractivity contribution in [2.75, 3.05) is 26.3 Å². The van der Waals surface area contributed by atoms with E-state index in [9.17, 15) is 4.79 Å². The van der Waals surface area contributed by atoms with Gasteiger partial charge in [0.2, 0.25) is 5.91 Å². The van der Waals surface area contributed by atoms with Crippen LogP contribution in [-0.4, -0.2) is 37.2 Å². The summed E-state index contributed by atoms with van der Waals surface area (Å²) in [6.45, 7) is 7.27. The summed E-state index contributed by atoms with van der Waals surface area (Å²) in [6, 6.07) is 0. The Bertz CT molecular complexity index is 203. The number of nitrogens with one attached hydrogen (secondary N) is 1. The molecule has 1 heterocycles. The number of hydrogen-bond acceptors (Lipinski definition) is 3. The van der Waals surface area contributed by atoms with Crippen LogP contribution < -0.4 is 5.43 Å². The minimum absolute atomic E-state index is 0.169. The summed E-state index contributed by atoms with van der Waals surface area (Å²) in [5.41, 5.74) is 2.99. The smallest absolute Gasteiger partial charge is 0.237 e. The van der Waals surface area contributed by atoms with E-state index in [0.717, 1.165) is 38.8 Å². The zero-order chi connectivity index (χ0) is 11.8. The van der Waals surface area contributed by atoms with E-state index in [4.69, 9.17) is 4.74 Å². The molecule has 0 bridgehead atoms. The zero-order valence-corrected chi connectivity index (χ0v) is 10.5. The van der Waals surface area contributed by atoms with Gasteiger partial charge in [0.1, 0.15) is 0 Å². The first-order valence-corrected chi connectivity index (χ1v) is 6.41. The highest BCUT2D eigenvalue weighted by Crippen LogP contribution is 2.12. The van der Waals surface area contributed by atoms with Crippen LogP contribution in [0.3, 0.4) is 0 Å². The second-order valence-corrected chi connectivity index (χ2v) is 4.32. The van der Waals surface area contributed by atoms with Gasteiger partial charge in [-0.25, -0.2) is 5.01 Å². The van der Waals surface area contributed by atoms with Crippen molar-refractivity contribution in [2.24, 2.45) is 5.92 Å². The third kappa shape index (κ3) is 4.49. The van der Waals surface area contributed by atoms with Crippen LogP contribution in [0.5, 0.6) is 0 Å². The van der Waals surface area contributed by atoms with E-state index < -0.39 is 0 Å². The molecule has 0 aromatic heterocycles. The number of rotatable bonds is 6. The molecule has 4 heteroatoms. The first-order valence-electron chi connectivity index (χ1n) is 6.41. The third-order valence-corrected chi connectivity index (χ3v) is 3.05. The molecule has 94 valence electrons. The quantitative estimate of drug-likeness (QED) is 0.750. The lowest BCUT2D eigenvalue weighted by Gasteiger charge is -2.28. The Morgan fingerprint density at radius 2 is 2.06 bits per heavy atom. The van der Waals surface area contributed by atoms with E-state index >= 15 is 0 Å². The topological polar surface area (TPSA) is 41.6 Å². The van der Waals surface area contributed by atoms with Crippen molar-refractivity contribution in [1.82, 2.24) is 10.4 Å². The molecule has 1 amide bonds. The molecular weight excluding hydrogens is 204 g/mol. The summed E-state index contributed by atoms with van der Waals surface area (Å²) in [4.78, 5) is 12.0. The van der Waals surface area contributed by atoms with Gasteiger partial charge < -0.3 is 4.74 Å². The molecule has 0 aliphatic carbocycles. The summed E-state index contributed by atoms with van der Waals surface area (Å²) in [7, 11) is 0. The molecule has 0 aromatic carbocycles. The fraction of sp³-hybridized carbons (Fsp3) is 0.917. The van der Waals surface area contributed by atoms with Crippen LogP contribution in [0.15, 0.2) is 0 Å². The van der Waals surface area contributed by atoms with Crippen LogP contribution in [-0.2, 0) is 9.53 Å². The van der Waals surface area contributed by atoms with E-state index in [0.29, 0.717) is 13.2 Å². The van der Waals surface area contributed by atoms with E-state index in [1.807, 2.05) is 5.01 Å². The zero-order valence-electron chi connectivity index (χ0n) is 10.5. The number of hydrogen-bond donors (Lipinski definition) is 1. The third-order valence-electron chi connectivity index (χ3n) is 3.05. The van der Waals surface area contributed by atoms with Crippen molar-refractivity contribution in [3.05, 3.63) is 0 Å². The lowest BCUT2D eigenvalue weighted by atomic mass is 9.99. The molecule has 1 unspecified atom stereocenters. The van der Waals surface area contributed by atoms with E-state index in [1.54, 1.807) is 0 Å². The van der Waals surface area contributed by atoms with Crippen molar-refractivity contribution in [3.63, 3.8) is 0 Å². The maximum atomic E-state index is 12.0. The largest absolute Gasteiger partial charge is 0.379 e. The summed E-state index contributed by atoms with van der Waals surface area (Å²) in [5.74, 6) is 0.348. The number of ether oxygens (including phenoxy) is 1. The lowest BCUT2D eigenvalue weighted by Crippen LogP contribution is -2.50. The van der Waals surface area contributed by atoms with Gasteiger partial charge in [0.05, 0.1) is 13.2 Å². The number of morpholine rings is 1. The highest BCUT2D eigenvalue weighted by Gasteiger charge is 2.19. The Morgan fingerprint density at radius 1 is 1.38 bits per heavy atom. The number of amides is 1. The number of carbonyl (C=O) groups excluding carboxylic acids is 1. The molecule has 1 fully saturated rings. The van der Waals surface area contributed by atoms with E-state index in [-0.39, 0.29) is 11.8 Å². The molecule has 1 N–H and O–H groups in total. The van der Waals surface area contributed by atoms with Crippen LogP contribution >= 0.6 is 0 Å². The fourth-order valence-electron chi connectivity index (χ4n) is 1.89. The molecular formula is C12H24N2O2. The maximum absolute atomic E-state index is 12.0. The molecule has 1 aliphatic heterocycles. The number of nitrogens with zero attached hydrogens (tertiary/aromatic N) is 1.